The maximum atomic E-state index is 5.54. The fraction of sp³-hybridized carbons (Fsp3) is 0.636. The summed E-state index contributed by atoms with van der Waals surface area (Å²) in [5.74, 6) is 0. The van der Waals surface area contributed by atoms with Crippen molar-refractivity contribution in [1.82, 2.24) is 10.3 Å². The summed E-state index contributed by atoms with van der Waals surface area (Å²) in [5, 5.41) is 3.41. The largest absolute Gasteiger partial charge is 0.378 e. The van der Waals surface area contributed by atoms with Crippen LogP contribution in [0, 0.1) is 0 Å². The first-order valence-corrected chi connectivity index (χ1v) is 5.39. The van der Waals surface area contributed by atoms with Crippen LogP contribution in [0.15, 0.2) is 18.5 Å². The van der Waals surface area contributed by atoms with Crippen molar-refractivity contribution >= 4 is 0 Å². The standard InChI is InChI=1S/C11H18N2O/c1-2-11(14-7-1)4-6-13-9-10-3-5-12-8-10/h3,5,8,11-13H,1-2,4,6-7,9H2. The van der Waals surface area contributed by atoms with Gasteiger partial charge in [0.1, 0.15) is 0 Å². The molecule has 2 heterocycles. The molecule has 1 aliphatic heterocycles. The first-order valence-electron chi connectivity index (χ1n) is 5.39. The van der Waals surface area contributed by atoms with Gasteiger partial charge in [-0.15, -0.1) is 0 Å². The molecule has 78 valence electrons. The van der Waals surface area contributed by atoms with Crippen LogP contribution in [0.5, 0.6) is 0 Å². The van der Waals surface area contributed by atoms with Gasteiger partial charge in [-0.1, -0.05) is 0 Å². The topological polar surface area (TPSA) is 37.0 Å². The predicted octanol–water partition coefficient (Wildman–Crippen LogP) is 1.67. The van der Waals surface area contributed by atoms with Gasteiger partial charge < -0.3 is 15.0 Å². The van der Waals surface area contributed by atoms with Crippen LogP contribution >= 0.6 is 0 Å². The van der Waals surface area contributed by atoms with Crippen LogP contribution in [-0.4, -0.2) is 24.2 Å². The first kappa shape index (κ1) is 9.74. The number of hydrogen-bond donors (Lipinski definition) is 2. The van der Waals surface area contributed by atoms with Gasteiger partial charge in [0.25, 0.3) is 0 Å². The molecule has 3 heteroatoms. The minimum Gasteiger partial charge on any atom is -0.378 e. The second kappa shape index (κ2) is 5.17. The summed E-state index contributed by atoms with van der Waals surface area (Å²) in [6.07, 6.45) is 8.11. The lowest BCUT2D eigenvalue weighted by Crippen LogP contribution is -2.19. The van der Waals surface area contributed by atoms with E-state index in [0.717, 1.165) is 26.1 Å². The van der Waals surface area contributed by atoms with Crippen molar-refractivity contribution in [1.29, 1.82) is 0 Å². The summed E-state index contributed by atoms with van der Waals surface area (Å²) >= 11 is 0. The molecule has 3 nitrogen and oxygen atoms in total. The van der Waals surface area contributed by atoms with Crippen molar-refractivity contribution in [2.45, 2.75) is 31.9 Å². The minimum absolute atomic E-state index is 0.508. The number of H-pyrrole nitrogens is 1. The van der Waals surface area contributed by atoms with E-state index in [1.807, 2.05) is 12.4 Å². The average Bonchev–Trinajstić information content (AvgIpc) is 2.86. The van der Waals surface area contributed by atoms with E-state index in [4.69, 9.17) is 4.74 Å². The Morgan fingerprint density at radius 1 is 1.57 bits per heavy atom. The molecule has 1 saturated heterocycles. The van der Waals surface area contributed by atoms with Gasteiger partial charge in [-0.2, -0.15) is 0 Å². The molecule has 1 aliphatic rings. The third-order valence-electron chi connectivity index (χ3n) is 2.66. The molecule has 0 spiro atoms. The molecule has 1 unspecified atom stereocenters. The SMILES string of the molecule is c1cc(CNCCC2CCCO2)c[nH]1. The van der Waals surface area contributed by atoms with Crippen molar-refractivity contribution in [3.63, 3.8) is 0 Å². The van der Waals surface area contributed by atoms with Crippen molar-refractivity contribution < 1.29 is 4.74 Å². The molecule has 0 aromatic carbocycles. The maximum Gasteiger partial charge on any atom is 0.0588 e. The molecule has 1 aromatic heterocycles. The number of aromatic nitrogens is 1. The smallest absolute Gasteiger partial charge is 0.0588 e. The molecular formula is C11H18N2O. The molecular weight excluding hydrogens is 176 g/mol. The van der Waals surface area contributed by atoms with E-state index in [0.29, 0.717) is 6.10 Å². The second-order valence-electron chi connectivity index (χ2n) is 3.82. The highest BCUT2D eigenvalue weighted by atomic mass is 16.5. The molecule has 1 atom stereocenters. The Hall–Kier alpha value is -0.800. The third-order valence-corrected chi connectivity index (χ3v) is 2.66. The molecule has 0 amide bonds. The fourth-order valence-electron chi connectivity index (χ4n) is 1.84. The van der Waals surface area contributed by atoms with Gasteiger partial charge in [-0.05, 0) is 37.4 Å². The zero-order chi connectivity index (χ0) is 9.64. The molecule has 14 heavy (non-hydrogen) atoms. The molecule has 2 rings (SSSR count). The molecule has 0 bridgehead atoms. The number of aromatic amines is 1. The summed E-state index contributed by atoms with van der Waals surface area (Å²) in [6, 6.07) is 2.10. The van der Waals surface area contributed by atoms with Crippen LogP contribution < -0.4 is 5.32 Å². The van der Waals surface area contributed by atoms with Gasteiger partial charge >= 0.3 is 0 Å². The van der Waals surface area contributed by atoms with Crippen LogP contribution in [0.1, 0.15) is 24.8 Å². The third kappa shape index (κ3) is 2.86. The van der Waals surface area contributed by atoms with E-state index in [2.05, 4.69) is 16.4 Å². The van der Waals surface area contributed by atoms with E-state index < -0.39 is 0 Å². The lowest BCUT2D eigenvalue weighted by atomic mass is 10.2. The van der Waals surface area contributed by atoms with Crippen molar-refractivity contribution in [2.75, 3.05) is 13.2 Å². The Kier molecular flexibility index (Phi) is 3.60. The minimum atomic E-state index is 0.508. The number of hydrogen-bond acceptors (Lipinski definition) is 2. The first-order chi connectivity index (χ1) is 6.95. The molecule has 0 saturated carbocycles. The van der Waals surface area contributed by atoms with E-state index >= 15 is 0 Å². The lowest BCUT2D eigenvalue weighted by Gasteiger charge is -2.09. The lowest BCUT2D eigenvalue weighted by molar-refractivity contribution is 0.104. The highest BCUT2D eigenvalue weighted by molar-refractivity contribution is 5.07. The molecule has 2 N–H and O–H groups in total. The highest BCUT2D eigenvalue weighted by Crippen LogP contribution is 2.14. The highest BCUT2D eigenvalue weighted by Gasteiger charge is 2.14. The Morgan fingerprint density at radius 3 is 3.29 bits per heavy atom. The Balaban J connectivity index is 1.55. The van der Waals surface area contributed by atoms with Crippen molar-refractivity contribution in [3.05, 3.63) is 24.0 Å². The normalized spacial score (nSPS) is 21.6. The molecule has 0 aliphatic carbocycles. The summed E-state index contributed by atoms with van der Waals surface area (Å²) in [6.45, 7) is 2.97. The fourth-order valence-corrected chi connectivity index (χ4v) is 1.84. The molecule has 1 fully saturated rings. The Morgan fingerprint density at radius 2 is 2.57 bits per heavy atom. The quantitative estimate of drug-likeness (QED) is 0.700. The van der Waals surface area contributed by atoms with Gasteiger partial charge in [0.15, 0.2) is 0 Å². The molecule has 1 aromatic rings. The summed E-state index contributed by atoms with van der Waals surface area (Å²) < 4.78 is 5.54. The van der Waals surface area contributed by atoms with Crippen LogP contribution in [0.3, 0.4) is 0 Å². The maximum absolute atomic E-state index is 5.54. The Labute approximate surface area is 84.9 Å². The number of nitrogens with one attached hydrogen (secondary N) is 2. The van der Waals surface area contributed by atoms with Crippen molar-refractivity contribution in [3.8, 4) is 0 Å². The van der Waals surface area contributed by atoms with Gasteiger partial charge in [0.05, 0.1) is 6.10 Å². The monoisotopic (exact) mass is 194 g/mol. The van der Waals surface area contributed by atoms with Gasteiger partial charge in [-0.3, -0.25) is 0 Å². The van der Waals surface area contributed by atoms with Gasteiger partial charge in [0, 0.05) is 25.5 Å². The van der Waals surface area contributed by atoms with Crippen LogP contribution in [-0.2, 0) is 11.3 Å². The van der Waals surface area contributed by atoms with Crippen LogP contribution in [0.2, 0.25) is 0 Å². The summed E-state index contributed by atoms with van der Waals surface area (Å²) in [4.78, 5) is 3.05. The van der Waals surface area contributed by atoms with Gasteiger partial charge in [0.2, 0.25) is 0 Å². The van der Waals surface area contributed by atoms with Crippen LogP contribution in [0.25, 0.3) is 0 Å². The van der Waals surface area contributed by atoms with E-state index in [1.165, 1.54) is 18.4 Å². The zero-order valence-electron chi connectivity index (χ0n) is 8.46. The average molecular weight is 194 g/mol. The number of ether oxygens (including phenoxy) is 1. The Bertz CT molecular complexity index is 240. The summed E-state index contributed by atoms with van der Waals surface area (Å²) in [5.41, 5.74) is 1.32. The van der Waals surface area contributed by atoms with E-state index in [-0.39, 0.29) is 0 Å². The second-order valence-corrected chi connectivity index (χ2v) is 3.82. The molecule has 0 radical (unpaired) electrons. The van der Waals surface area contributed by atoms with Crippen molar-refractivity contribution in [2.24, 2.45) is 0 Å². The number of rotatable bonds is 5. The van der Waals surface area contributed by atoms with E-state index in [9.17, 15) is 0 Å². The predicted molar refractivity (Wildman–Crippen MR) is 56.1 cm³/mol. The van der Waals surface area contributed by atoms with Gasteiger partial charge in [-0.25, -0.2) is 0 Å². The summed E-state index contributed by atoms with van der Waals surface area (Å²) in [7, 11) is 0. The zero-order valence-corrected chi connectivity index (χ0v) is 8.46. The van der Waals surface area contributed by atoms with Crippen LogP contribution in [0.4, 0.5) is 0 Å². The van der Waals surface area contributed by atoms with E-state index in [1.54, 1.807) is 0 Å².